The van der Waals surface area contributed by atoms with E-state index in [2.05, 4.69) is 39.5 Å². The van der Waals surface area contributed by atoms with E-state index in [0.29, 0.717) is 11.8 Å². The van der Waals surface area contributed by atoms with Crippen molar-refractivity contribution in [3.05, 3.63) is 33.9 Å². The summed E-state index contributed by atoms with van der Waals surface area (Å²) in [6, 6.07) is 4.85. The number of aryl methyl sites for hydroxylation is 1. The van der Waals surface area contributed by atoms with Crippen LogP contribution in [-0.4, -0.2) is 28.7 Å². The Kier molecular flexibility index (Phi) is 7.20. The minimum absolute atomic E-state index is 0.112. The second kappa shape index (κ2) is 8.65. The van der Waals surface area contributed by atoms with Crippen molar-refractivity contribution in [2.45, 2.75) is 48.0 Å². The minimum Gasteiger partial charge on any atom is -0.360 e. The second-order valence-corrected chi connectivity index (χ2v) is 6.80. The molecule has 0 unspecified atom stereocenters. The lowest BCUT2D eigenvalue weighted by Gasteiger charge is -2.29. The lowest BCUT2D eigenvalue weighted by molar-refractivity contribution is -0.384. The maximum atomic E-state index is 10.9. The SMILES string of the molecule is CCC(=Nc1ccc([N+](=O)[O-])cc1C)N(CC(C)C)CC(C)C. The Labute approximate surface area is 139 Å². The molecule has 0 N–H and O–H groups in total. The molecule has 0 heterocycles. The van der Waals surface area contributed by atoms with E-state index in [-0.39, 0.29) is 10.6 Å². The largest absolute Gasteiger partial charge is 0.360 e. The van der Waals surface area contributed by atoms with Crippen LogP contribution in [0, 0.1) is 28.9 Å². The predicted octanol–water partition coefficient (Wildman–Crippen LogP) is 4.96. The van der Waals surface area contributed by atoms with Crippen LogP contribution in [-0.2, 0) is 0 Å². The Morgan fingerprint density at radius 3 is 2.17 bits per heavy atom. The van der Waals surface area contributed by atoms with E-state index >= 15 is 0 Å². The highest BCUT2D eigenvalue weighted by atomic mass is 16.6. The van der Waals surface area contributed by atoms with Gasteiger partial charge in [-0.2, -0.15) is 0 Å². The number of hydrogen-bond donors (Lipinski definition) is 0. The molecule has 1 aromatic carbocycles. The van der Waals surface area contributed by atoms with E-state index in [1.807, 2.05) is 6.92 Å². The van der Waals surface area contributed by atoms with Crippen molar-refractivity contribution in [2.75, 3.05) is 13.1 Å². The van der Waals surface area contributed by atoms with E-state index in [9.17, 15) is 10.1 Å². The fourth-order valence-electron chi connectivity index (χ4n) is 2.56. The van der Waals surface area contributed by atoms with Gasteiger partial charge < -0.3 is 4.90 Å². The lowest BCUT2D eigenvalue weighted by atomic mass is 10.1. The maximum Gasteiger partial charge on any atom is 0.269 e. The average Bonchev–Trinajstić information content (AvgIpc) is 2.44. The molecule has 0 aromatic heterocycles. The molecule has 0 aliphatic heterocycles. The summed E-state index contributed by atoms with van der Waals surface area (Å²) in [6.07, 6.45) is 0.843. The highest BCUT2D eigenvalue weighted by Crippen LogP contribution is 2.24. The predicted molar refractivity (Wildman–Crippen MR) is 96.5 cm³/mol. The summed E-state index contributed by atoms with van der Waals surface area (Å²) in [4.78, 5) is 17.6. The fraction of sp³-hybridized carbons (Fsp3) is 0.611. The molecule has 1 aromatic rings. The molecule has 128 valence electrons. The van der Waals surface area contributed by atoms with Gasteiger partial charge in [-0.05, 0) is 30.4 Å². The Bertz CT molecular complexity index is 555. The average molecular weight is 319 g/mol. The van der Waals surface area contributed by atoms with Crippen LogP contribution in [0.5, 0.6) is 0 Å². The van der Waals surface area contributed by atoms with Gasteiger partial charge in [-0.15, -0.1) is 0 Å². The van der Waals surface area contributed by atoms with Gasteiger partial charge in [0.25, 0.3) is 5.69 Å². The molecule has 0 saturated carbocycles. The number of benzene rings is 1. The topological polar surface area (TPSA) is 58.7 Å². The van der Waals surface area contributed by atoms with Crippen LogP contribution >= 0.6 is 0 Å². The molecule has 0 atom stereocenters. The zero-order chi connectivity index (χ0) is 17.6. The van der Waals surface area contributed by atoms with Crippen molar-refractivity contribution in [1.29, 1.82) is 0 Å². The normalized spacial score (nSPS) is 12.1. The van der Waals surface area contributed by atoms with Gasteiger partial charge in [0.2, 0.25) is 0 Å². The van der Waals surface area contributed by atoms with Crippen molar-refractivity contribution >= 4 is 17.2 Å². The molecular formula is C18H29N3O2. The Balaban J connectivity index is 3.14. The van der Waals surface area contributed by atoms with Crippen LogP contribution in [0.2, 0.25) is 0 Å². The Hall–Kier alpha value is -1.91. The van der Waals surface area contributed by atoms with E-state index in [0.717, 1.165) is 36.6 Å². The fourth-order valence-corrected chi connectivity index (χ4v) is 2.56. The number of non-ortho nitro benzene ring substituents is 1. The van der Waals surface area contributed by atoms with Crippen LogP contribution < -0.4 is 0 Å². The van der Waals surface area contributed by atoms with Gasteiger partial charge in [-0.3, -0.25) is 10.1 Å². The van der Waals surface area contributed by atoms with Gasteiger partial charge in [0.15, 0.2) is 0 Å². The third-order valence-electron chi connectivity index (χ3n) is 3.49. The molecule has 0 spiro atoms. The number of nitro benzene ring substituents is 1. The zero-order valence-corrected chi connectivity index (χ0v) is 15.2. The first kappa shape index (κ1) is 19.1. The highest BCUT2D eigenvalue weighted by Gasteiger charge is 2.14. The van der Waals surface area contributed by atoms with Crippen LogP contribution in [0.1, 0.15) is 46.6 Å². The molecule has 1 rings (SSSR count). The second-order valence-electron chi connectivity index (χ2n) is 6.80. The molecule has 0 bridgehead atoms. The van der Waals surface area contributed by atoms with Gasteiger partial charge in [0.1, 0.15) is 5.84 Å². The summed E-state index contributed by atoms with van der Waals surface area (Å²) < 4.78 is 0. The molecule has 23 heavy (non-hydrogen) atoms. The molecule has 5 nitrogen and oxygen atoms in total. The van der Waals surface area contributed by atoms with Crippen molar-refractivity contribution in [3.63, 3.8) is 0 Å². The number of hydrogen-bond acceptors (Lipinski definition) is 3. The standard InChI is InChI=1S/C18H29N3O2/c1-7-18(20(11-13(2)3)12-14(4)5)19-17-9-8-16(21(22)23)10-15(17)6/h8-10,13-14H,7,11-12H2,1-6H3. The molecular weight excluding hydrogens is 290 g/mol. The number of nitro groups is 1. The summed E-state index contributed by atoms with van der Waals surface area (Å²) in [5.41, 5.74) is 1.75. The van der Waals surface area contributed by atoms with Gasteiger partial charge in [-0.25, -0.2) is 4.99 Å². The first-order valence-electron chi connectivity index (χ1n) is 8.32. The van der Waals surface area contributed by atoms with Crippen LogP contribution in [0.3, 0.4) is 0 Å². The monoisotopic (exact) mass is 319 g/mol. The molecule has 0 aliphatic carbocycles. The summed E-state index contributed by atoms with van der Waals surface area (Å²) in [5, 5.41) is 10.9. The molecule has 0 aliphatic rings. The van der Waals surface area contributed by atoms with Gasteiger partial charge >= 0.3 is 0 Å². The summed E-state index contributed by atoms with van der Waals surface area (Å²) in [6.45, 7) is 14.7. The third kappa shape index (κ3) is 6.00. The van der Waals surface area contributed by atoms with E-state index in [1.165, 1.54) is 6.07 Å². The van der Waals surface area contributed by atoms with Crippen molar-refractivity contribution in [1.82, 2.24) is 4.90 Å². The Morgan fingerprint density at radius 1 is 1.22 bits per heavy atom. The molecule has 0 saturated heterocycles. The highest BCUT2D eigenvalue weighted by molar-refractivity contribution is 5.85. The summed E-state index contributed by atoms with van der Waals surface area (Å²) >= 11 is 0. The number of amidine groups is 1. The summed E-state index contributed by atoms with van der Waals surface area (Å²) in [7, 11) is 0. The third-order valence-corrected chi connectivity index (χ3v) is 3.49. The lowest BCUT2D eigenvalue weighted by Crippen LogP contribution is -2.36. The van der Waals surface area contributed by atoms with Crippen LogP contribution in [0.25, 0.3) is 0 Å². The molecule has 0 fully saturated rings. The smallest absolute Gasteiger partial charge is 0.269 e. The number of nitrogens with zero attached hydrogens (tertiary/aromatic N) is 3. The van der Waals surface area contributed by atoms with Gasteiger partial charge in [0, 0.05) is 31.6 Å². The first-order valence-corrected chi connectivity index (χ1v) is 8.32. The van der Waals surface area contributed by atoms with Gasteiger partial charge in [0.05, 0.1) is 10.6 Å². The van der Waals surface area contributed by atoms with Crippen molar-refractivity contribution in [2.24, 2.45) is 16.8 Å². The van der Waals surface area contributed by atoms with Gasteiger partial charge in [-0.1, -0.05) is 34.6 Å². The van der Waals surface area contributed by atoms with Crippen LogP contribution in [0.15, 0.2) is 23.2 Å². The quantitative estimate of drug-likeness (QED) is 0.309. The van der Waals surface area contributed by atoms with Crippen molar-refractivity contribution < 1.29 is 4.92 Å². The molecule has 5 heteroatoms. The number of rotatable bonds is 7. The summed E-state index contributed by atoms with van der Waals surface area (Å²) in [5.74, 6) is 2.16. The molecule has 0 amide bonds. The maximum absolute atomic E-state index is 10.9. The van der Waals surface area contributed by atoms with E-state index < -0.39 is 0 Å². The zero-order valence-electron chi connectivity index (χ0n) is 15.2. The van der Waals surface area contributed by atoms with Crippen molar-refractivity contribution in [3.8, 4) is 0 Å². The van der Waals surface area contributed by atoms with Crippen LogP contribution in [0.4, 0.5) is 11.4 Å². The molecule has 0 radical (unpaired) electrons. The van der Waals surface area contributed by atoms with E-state index in [1.54, 1.807) is 12.1 Å². The minimum atomic E-state index is -0.370. The number of aliphatic imine (C=N–C) groups is 1. The van der Waals surface area contributed by atoms with E-state index in [4.69, 9.17) is 4.99 Å². The first-order chi connectivity index (χ1) is 10.7. The Morgan fingerprint density at radius 2 is 1.78 bits per heavy atom.